The van der Waals surface area contributed by atoms with Gasteiger partial charge in [-0.3, -0.25) is 0 Å². The van der Waals surface area contributed by atoms with Crippen molar-refractivity contribution in [3.63, 3.8) is 0 Å². The molecule has 1 heterocycles. The topological polar surface area (TPSA) is 32.3 Å². The molecule has 1 aliphatic heterocycles. The van der Waals surface area contributed by atoms with E-state index in [0.717, 1.165) is 19.0 Å². The number of hydrogen-bond acceptors (Lipinski definition) is 2. The van der Waals surface area contributed by atoms with Crippen molar-refractivity contribution >= 4 is 0 Å². The molecule has 2 fully saturated rings. The van der Waals surface area contributed by atoms with E-state index in [2.05, 4.69) is 19.2 Å². The summed E-state index contributed by atoms with van der Waals surface area (Å²) in [5.74, 6) is 1.40. The van der Waals surface area contributed by atoms with Crippen molar-refractivity contribution in [3.8, 4) is 0 Å². The first-order valence-corrected chi connectivity index (χ1v) is 4.98. The number of aliphatic hydroxyl groups is 1. The molecule has 2 rings (SSSR count). The number of rotatable bonds is 2. The van der Waals surface area contributed by atoms with Crippen LogP contribution in [0.2, 0.25) is 0 Å². The summed E-state index contributed by atoms with van der Waals surface area (Å²) < 4.78 is 0. The molecule has 0 aromatic heterocycles. The van der Waals surface area contributed by atoms with Crippen LogP contribution in [0.4, 0.5) is 0 Å². The van der Waals surface area contributed by atoms with Gasteiger partial charge in [-0.2, -0.15) is 0 Å². The number of nitrogens with one attached hydrogen (secondary N) is 1. The lowest BCUT2D eigenvalue weighted by Gasteiger charge is -2.13. The second kappa shape index (κ2) is 2.71. The van der Waals surface area contributed by atoms with Crippen LogP contribution in [0.5, 0.6) is 0 Å². The molecule has 0 aromatic rings. The lowest BCUT2D eigenvalue weighted by atomic mass is 9.95. The highest BCUT2D eigenvalue weighted by molar-refractivity contribution is 4.98. The van der Waals surface area contributed by atoms with Crippen molar-refractivity contribution in [3.05, 3.63) is 0 Å². The van der Waals surface area contributed by atoms with Crippen molar-refractivity contribution in [1.29, 1.82) is 0 Å². The molecule has 1 saturated carbocycles. The Hall–Kier alpha value is -0.0800. The van der Waals surface area contributed by atoms with Crippen LogP contribution in [-0.4, -0.2) is 24.3 Å². The van der Waals surface area contributed by atoms with Gasteiger partial charge >= 0.3 is 0 Å². The Kier molecular flexibility index (Phi) is 1.92. The summed E-state index contributed by atoms with van der Waals surface area (Å²) in [6.07, 6.45) is 2.50. The first-order chi connectivity index (χ1) is 5.59. The SMILES string of the molecule is CC1(C)CC1C[C@@H]1CNC[C@H]1O. The smallest absolute Gasteiger partial charge is 0.0704 e. The van der Waals surface area contributed by atoms with Crippen LogP contribution in [0.1, 0.15) is 26.7 Å². The van der Waals surface area contributed by atoms with Gasteiger partial charge in [0, 0.05) is 13.1 Å². The van der Waals surface area contributed by atoms with Gasteiger partial charge < -0.3 is 10.4 Å². The minimum Gasteiger partial charge on any atom is -0.391 e. The van der Waals surface area contributed by atoms with Crippen LogP contribution in [0.25, 0.3) is 0 Å². The molecular formula is C10H19NO. The average Bonchev–Trinajstić information content (AvgIpc) is 2.39. The van der Waals surface area contributed by atoms with E-state index in [1.807, 2.05) is 0 Å². The molecule has 0 aromatic carbocycles. The molecule has 2 nitrogen and oxygen atoms in total. The van der Waals surface area contributed by atoms with Crippen LogP contribution < -0.4 is 5.32 Å². The number of β-amino-alcohol motifs (C(OH)–C–C–N with tert-alkyl or cyclic N) is 1. The fourth-order valence-corrected chi connectivity index (χ4v) is 2.30. The van der Waals surface area contributed by atoms with Crippen LogP contribution in [0.3, 0.4) is 0 Å². The zero-order valence-electron chi connectivity index (χ0n) is 8.01. The highest BCUT2D eigenvalue weighted by Crippen LogP contribution is 2.55. The quantitative estimate of drug-likeness (QED) is 0.646. The Morgan fingerprint density at radius 3 is 2.50 bits per heavy atom. The molecule has 3 atom stereocenters. The minimum atomic E-state index is -0.0820. The average molecular weight is 169 g/mol. The first-order valence-electron chi connectivity index (χ1n) is 4.98. The van der Waals surface area contributed by atoms with E-state index in [4.69, 9.17) is 0 Å². The summed E-state index contributed by atoms with van der Waals surface area (Å²) in [6.45, 7) is 6.48. The highest BCUT2D eigenvalue weighted by atomic mass is 16.3. The fraction of sp³-hybridized carbons (Fsp3) is 1.00. The van der Waals surface area contributed by atoms with Gasteiger partial charge in [0.05, 0.1) is 6.10 Å². The van der Waals surface area contributed by atoms with Gasteiger partial charge in [0.1, 0.15) is 0 Å². The zero-order valence-corrected chi connectivity index (χ0v) is 8.01. The van der Waals surface area contributed by atoms with Crippen LogP contribution in [0.15, 0.2) is 0 Å². The normalized spacial score (nSPS) is 44.8. The Bertz CT molecular complexity index is 179. The second-order valence-corrected chi connectivity index (χ2v) is 5.11. The molecule has 2 aliphatic rings. The molecule has 70 valence electrons. The molecule has 0 bridgehead atoms. The summed E-state index contributed by atoms with van der Waals surface area (Å²) >= 11 is 0. The Morgan fingerprint density at radius 2 is 2.08 bits per heavy atom. The van der Waals surface area contributed by atoms with Crippen molar-refractivity contribution in [2.24, 2.45) is 17.3 Å². The van der Waals surface area contributed by atoms with Gasteiger partial charge in [-0.05, 0) is 30.1 Å². The molecule has 1 aliphatic carbocycles. The lowest BCUT2D eigenvalue weighted by molar-refractivity contribution is 0.137. The van der Waals surface area contributed by atoms with E-state index in [0.29, 0.717) is 11.3 Å². The van der Waals surface area contributed by atoms with Gasteiger partial charge in [-0.1, -0.05) is 13.8 Å². The highest BCUT2D eigenvalue weighted by Gasteiger charge is 2.47. The third kappa shape index (κ3) is 1.50. The van der Waals surface area contributed by atoms with Crippen LogP contribution in [0, 0.1) is 17.3 Å². The first kappa shape index (κ1) is 8.52. The van der Waals surface area contributed by atoms with E-state index in [-0.39, 0.29) is 6.10 Å². The largest absolute Gasteiger partial charge is 0.391 e. The lowest BCUT2D eigenvalue weighted by Crippen LogP contribution is -2.18. The second-order valence-electron chi connectivity index (χ2n) is 5.11. The Balaban J connectivity index is 1.80. The predicted molar refractivity (Wildman–Crippen MR) is 48.9 cm³/mol. The maximum absolute atomic E-state index is 9.57. The van der Waals surface area contributed by atoms with Gasteiger partial charge in [0.25, 0.3) is 0 Å². The molecular weight excluding hydrogens is 150 g/mol. The standard InChI is InChI=1S/C10H19NO/c1-10(2)4-8(10)3-7-5-11-6-9(7)12/h7-9,11-12H,3-6H2,1-2H3/t7-,8?,9-/m1/s1. The maximum Gasteiger partial charge on any atom is 0.0704 e. The van der Waals surface area contributed by atoms with E-state index >= 15 is 0 Å². The summed E-state index contributed by atoms with van der Waals surface area (Å²) in [5.41, 5.74) is 0.572. The van der Waals surface area contributed by atoms with E-state index in [1.54, 1.807) is 0 Å². The van der Waals surface area contributed by atoms with Crippen LogP contribution in [-0.2, 0) is 0 Å². The molecule has 2 N–H and O–H groups in total. The van der Waals surface area contributed by atoms with E-state index in [1.165, 1.54) is 12.8 Å². The van der Waals surface area contributed by atoms with Crippen molar-refractivity contribution in [1.82, 2.24) is 5.32 Å². The Morgan fingerprint density at radius 1 is 1.42 bits per heavy atom. The molecule has 1 saturated heterocycles. The van der Waals surface area contributed by atoms with E-state index < -0.39 is 0 Å². The third-order valence-corrected chi connectivity index (χ3v) is 3.61. The zero-order chi connectivity index (χ0) is 8.77. The molecule has 12 heavy (non-hydrogen) atoms. The fourth-order valence-electron chi connectivity index (χ4n) is 2.30. The summed E-state index contributed by atoms with van der Waals surface area (Å²) in [4.78, 5) is 0. The van der Waals surface area contributed by atoms with Crippen molar-refractivity contribution in [2.45, 2.75) is 32.8 Å². The molecule has 0 radical (unpaired) electrons. The molecule has 2 heteroatoms. The summed E-state index contributed by atoms with van der Waals surface area (Å²) in [5, 5.41) is 12.8. The molecule has 1 unspecified atom stereocenters. The van der Waals surface area contributed by atoms with Crippen LogP contribution >= 0.6 is 0 Å². The van der Waals surface area contributed by atoms with Gasteiger partial charge in [0.2, 0.25) is 0 Å². The minimum absolute atomic E-state index is 0.0820. The monoisotopic (exact) mass is 169 g/mol. The van der Waals surface area contributed by atoms with Crippen molar-refractivity contribution in [2.75, 3.05) is 13.1 Å². The van der Waals surface area contributed by atoms with Crippen molar-refractivity contribution < 1.29 is 5.11 Å². The Labute approximate surface area is 74.4 Å². The number of aliphatic hydroxyl groups excluding tert-OH is 1. The predicted octanol–water partition coefficient (Wildman–Crippen LogP) is 1.00. The van der Waals surface area contributed by atoms with Gasteiger partial charge in [-0.25, -0.2) is 0 Å². The molecule has 0 amide bonds. The third-order valence-electron chi connectivity index (χ3n) is 3.61. The van der Waals surface area contributed by atoms with Gasteiger partial charge in [-0.15, -0.1) is 0 Å². The number of hydrogen-bond donors (Lipinski definition) is 2. The van der Waals surface area contributed by atoms with Gasteiger partial charge in [0.15, 0.2) is 0 Å². The molecule has 0 spiro atoms. The summed E-state index contributed by atoms with van der Waals surface area (Å²) in [7, 11) is 0. The summed E-state index contributed by atoms with van der Waals surface area (Å²) in [6, 6.07) is 0. The van der Waals surface area contributed by atoms with E-state index in [9.17, 15) is 5.11 Å². The maximum atomic E-state index is 9.57.